The van der Waals surface area contributed by atoms with Crippen LogP contribution in [-0.2, 0) is 0 Å². The molecule has 5 rings (SSSR count). The van der Waals surface area contributed by atoms with Gasteiger partial charge in [-0.15, -0.1) is 10.2 Å². The van der Waals surface area contributed by atoms with Crippen molar-refractivity contribution in [2.45, 2.75) is 6.92 Å². The topological polar surface area (TPSA) is 91.1 Å². The predicted molar refractivity (Wildman–Crippen MR) is 93.8 cm³/mol. The highest BCUT2D eigenvalue weighted by atomic mass is 15.3. The first-order valence-corrected chi connectivity index (χ1v) is 8.25. The second-order valence-electron chi connectivity index (χ2n) is 6.10. The van der Waals surface area contributed by atoms with Crippen LogP contribution in [0.1, 0.15) is 5.82 Å². The summed E-state index contributed by atoms with van der Waals surface area (Å²) in [5, 5.41) is 9.49. The van der Waals surface area contributed by atoms with Crippen molar-refractivity contribution in [1.29, 1.82) is 0 Å². The first kappa shape index (κ1) is 14.1. The number of rotatable bonds is 2. The first-order valence-electron chi connectivity index (χ1n) is 8.25. The molecule has 0 aromatic carbocycles. The van der Waals surface area contributed by atoms with E-state index in [9.17, 15) is 0 Å². The number of anilines is 2. The molecule has 25 heavy (non-hydrogen) atoms. The number of nitrogens with one attached hydrogen (secondary N) is 1. The molecule has 0 aliphatic carbocycles. The number of aromatic nitrogens is 7. The van der Waals surface area contributed by atoms with Gasteiger partial charge >= 0.3 is 0 Å². The van der Waals surface area contributed by atoms with E-state index in [1.807, 2.05) is 29.8 Å². The minimum Gasteiger partial charge on any atom is -0.352 e. The van der Waals surface area contributed by atoms with Gasteiger partial charge < -0.3 is 14.8 Å². The van der Waals surface area contributed by atoms with Crippen LogP contribution in [-0.4, -0.2) is 60.7 Å². The monoisotopic (exact) mass is 335 g/mol. The number of hydrogen-bond donors (Lipinski definition) is 1. The molecule has 0 spiro atoms. The lowest BCUT2D eigenvalue weighted by Crippen LogP contribution is -2.47. The number of H-pyrrole nitrogens is 1. The predicted octanol–water partition coefficient (Wildman–Crippen LogP) is 1.03. The van der Waals surface area contributed by atoms with Crippen LogP contribution in [0.4, 0.5) is 11.6 Å². The summed E-state index contributed by atoms with van der Waals surface area (Å²) < 4.78 is 1.97. The van der Waals surface area contributed by atoms with E-state index in [0.717, 1.165) is 60.3 Å². The van der Waals surface area contributed by atoms with Gasteiger partial charge in [-0.3, -0.25) is 4.40 Å². The fourth-order valence-corrected chi connectivity index (χ4v) is 3.39. The molecule has 0 radical (unpaired) electrons. The standard InChI is InChI=1S/C16H17N9/c1-11-21-22-16-15(18-4-5-25(11)16)24-8-6-23(7-9-24)14-12-2-3-17-13(12)19-10-20-14/h2-5,10H,6-9H2,1H3,(H,17,19,20). The number of nitrogens with zero attached hydrogens (tertiary/aromatic N) is 8. The molecule has 1 aliphatic rings. The molecule has 1 saturated heterocycles. The minimum absolute atomic E-state index is 0.809. The Balaban J connectivity index is 1.42. The Morgan fingerprint density at radius 3 is 2.60 bits per heavy atom. The van der Waals surface area contributed by atoms with E-state index in [-0.39, 0.29) is 0 Å². The smallest absolute Gasteiger partial charge is 0.203 e. The third kappa shape index (κ3) is 2.19. The Morgan fingerprint density at radius 2 is 1.76 bits per heavy atom. The molecule has 0 unspecified atom stereocenters. The zero-order valence-corrected chi connectivity index (χ0v) is 13.8. The molecule has 126 valence electrons. The van der Waals surface area contributed by atoms with E-state index in [0.29, 0.717) is 0 Å². The highest BCUT2D eigenvalue weighted by molar-refractivity contribution is 5.87. The van der Waals surface area contributed by atoms with Crippen molar-refractivity contribution in [3.8, 4) is 0 Å². The van der Waals surface area contributed by atoms with Gasteiger partial charge in [-0.1, -0.05) is 0 Å². The summed E-state index contributed by atoms with van der Waals surface area (Å²) >= 11 is 0. The van der Waals surface area contributed by atoms with E-state index in [2.05, 4.69) is 39.9 Å². The SMILES string of the molecule is Cc1nnc2c(N3CCN(c4ncnc5[nH]ccc45)CC3)nccn12. The van der Waals surface area contributed by atoms with E-state index in [1.54, 1.807) is 12.5 Å². The zero-order chi connectivity index (χ0) is 16.8. The zero-order valence-electron chi connectivity index (χ0n) is 13.8. The third-order valence-corrected chi connectivity index (χ3v) is 4.69. The number of aromatic amines is 1. The highest BCUT2D eigenvalue weighted by Gasteiger charge is 2.23. The number of hydrogen-bond acceptors (Lipinski definition) is 7. The van der Waals surface area contributed by atoms with E-state index in [4.69, 9.17) is 0 Å². The number of fused-ring (bicyclic) bond motifs is 2. The van der Waals surface area contributed by atoms with Gasteiger partial charge in [-0.05, 0) is 13.0 Å². The van der Waals surface area contributed by atoms with Gasteiger partial charge in [0.2, 0.25) is 5.65 Å². The van der Waals surface area contributed by atoms with Gasteiger partial charge in [-0.25, -0.2) is 15.0 Å². The second-order valence-corrected chi connectivity index (χ2v) is 6.10. The van der Waals surface area contributed by atoms with Gasteiger partial charge in [0.05, 0.1) is 5.39 Å². The van der Waals surface area contributed by atoms with Crippen LogP contribution in [0.25, 0.3) is 16.7 Å². The van der Waals surface area contributed by atoms with Crippen LogP contribution >= 0.6 is 0 Å². The van der Waals surface area contributed by atoms with Gasteiger partial charge in [0.25, 0.3) is 0 Å². The molecule has 9 nitrogen and oxygen atoms in total. The van der Waals surface area contributed by atoms with Crippen molar-refractivity contribution in [3.05, 3.63) is 36.8 Å². The van der Waals surface area contributed by atoms with Crippen LogP contribution in [0.3, 0.4) is 0 Å². The van der Waals surface area contributed by atoms with E-state index >= 15 is 0 Å². The largest absolute Gasteiger partial charge is 0.352 e. The van der Waals surface area contributed by atoms with Crippen LogP contribution in [0, 0.1) is 6.92 Å². The lowest BCUT2D eigenvalue weighted by atomic mass is 10.2. The summed E-state index contributed by atoms with van der Waals surface area (Å²) in [5.41, 5.74) is 1.68. The molecule has 0 bridgehead atoms. The molecule has 0 saturated carbocycles. The van der Waals surface area contributed by atoms with Gasteiger partial charge in [-0.2, -0.15) is 0 Å². The summed E-state index contributed by atoms with van der Waals surface area (Å²) in [6.45, 7) is 5.39. The van der Waals surface area contributed by atoms with Crippen molar-refractivity contribution in [3.63, 3.8) is 0 Å². The van der Waals surface area contributed by atoms with Gasteiger partial charge in [0.15, 0.2) is 5.82 Å². The molecular weight excluding hydrogens is 318 g/mol. The summed E-state index contributed by atoms with van der Waals surface area (Å²) in [6, 6.07) is 2.03. The van der Waals surface area contributed by atoms with Gasteiger partial charge in [0.1, 0.15) is 23.6 Å². The molecule has 5 heterocycles. The van der Waals surface area contributed by atoms with Crippen LogP contribution in [0.2, 0.25) is 0 Å². The molecule has 0 atom stereocenters. The molecule has 4 aromatic heterocycles. The second kappa shape index (κ2) is 5.40. The normalized spacial score (nSPS) is 15.4. The highest BCUT2D eigenvalue weighted by Crippen LogP contribution is 2.25. The maximum atomic E-state index is 4.54. The van der Waals surface area contributed by atoms with E-state index < -0.39 is 0 Å². The Bertz CT molecular complexity index is 1040. The average Bonchev–Trinajstić information content (AvgIpc) is 3.28. The lowest BCUT2D eigenvalue weighted by Gasteiger charge is -2.36. The van der Waals surface area contributed by atoms with Crippen molar-refractivity contribution in [2.75, 3.05) is 36.0 Å². The van der Waals surface area contributed by atoms with Crippen molar-refractivity contribution < 1.29 is 0 Å². The van der Waals surface area contributed by atoms with Gasteiger partial charge in [0, 0.05) is 44.8 Å². The molecule has 9 heteroatoms. The Labute approximate surface area is 143 Å². The maximum Gasteiger partial charge on any atom is 0.203 e. The van der Waals surface area contributed by atoms with Crippen molar-refractivity contribution in [1.82, 2.24) is 34.5 Å². The quantitative estimate of drug-likeness (QED) is 0.585. The van der Waals surface area contributed by atoms with E-state index in [1.165, 1.54) is 0 Å². The van der Waals surface area contributed by atoms with Crippen LogP contribution in [0.5, 0.6) is 0 Å². The van der Waals surface area contributed by atoms with Crippen LogP contribution < -0.4 is 9.80 Å². The number of piperazine rings is 1. The summed E-state index contributed by atoms with van der Waals surface area (Å²) in [6.07, 6.45) is 7.21. The fraction of sp³-hybridized carbons (Fsp3) is 0.312. The van der Waals surface area contributed by atoms with Crippen LogP contribution in [0.15, 0.2) is 31.0 Å². The van der Waals surface area contributed by atoms with Crippen molar-refractivity contribution >= 4 is 28.3 Å². The average molecular weight is 335 g/mol. The summed E-state index contributed by atoms with van der Waals surface area (Å²) in [4.78, 5) is 21.0. The minimum atomic E-state index is 0.809. The Morgan fingerprint density at radius 1 is 0.960 bits per heavy atom. The molecule has 1 fully saturated rings. The fourth-order valence-electron chi connectivity index (χ4n) is 3.39. The lowest BCUT2D eigenvalue weighted by molar-refractivity contribution is 0.643. The molecule has 0 amide bonds. The van der Waals surface area contributed by atoms with Crippen molar-refractivity contribution in [2.24, 2.45) is 0 Å². The number of aryl methyl sites for hydroxylation is 1. The molecular formula is C16H17N9. The molecule has 1 aliphatic heterocycles. The molecule has 1 N–H and O–H groups in total. The summed E-state index contributed by atoms with van der Waals surface area (Å²) in [5.74, 6) is 2.74. The summed E-state index contributed by atoms with van der Waals surface area (Å²) in [7, 11) is 0. The Hall–Kier alpha value is -3.23. The molecule has 4 aromatic rings. The maximum absolute atomic E-state index is 4.54. The first-order chi connectivity index (χ1) is 12.3. The Kier molecular flexibility index (Phi) is 3.06. The third-order valence-electron chi connectivity index (χ3n) is 4.69.